The summed E-state index contributed by atoms with van der Waals surface area (Å²) in [5, 5.41) is 37.6. The van der Waals surface area contributed by atoms with Gasteiger partial charge in [-0.25, -0.2) is 19.2 Å². The molecule has 0 aromatic heterocycles. The third kappa shape index (κ3) is 23.5. The topological polar surface area (TPSA) is 323 Å². The van der Waals surface area contributed by atoms with Gasteiger partial charge in [-0.05, 0) is 76.9 Å². The molecule has 6 amide bonds. The second-order valence-corrected chi connectivity index (χ2v) is 26.7. The Morgan fingerprint density at radius 3 is 1.20 bits per heavy atom. The molecule has 458 valence electrons. The fraction of sp³-hybridized carbons (Fsp3) is 0.643. The van der Waals surface area contributed by atoms with Gasteiger partial charge in [-0.3, -0.25) is 19.2 Å². The second kappa shape index (κ2) is 29.2. The first-order valence-electron chi connectivity index (χ1n) is 27.0. The Morgan fingerprint density at radius 1 is 0.512 bits per heavy atom. The zero-order valence-electron chi connectivity index (χ0n) is 49.5. The summed E-state index contributed by atoms with van der Waals surface area (Å²) >= 11 is 0. The highest BCUT2D eigenvalue weighted by atomic mass is 33.1. The van der Waals surface area contributed by atoms with Crippen molar-refractivity contribution in [2.24, 2.45) is 10.8 Å². The first-order valence-corrected chi connectivity index (χ1v) is 29.5. The van der Waals surface area contributed by atoms with E-state index in [0.717, 1.165) is 0 Å². The molecule has 2 aliphatic heterocycles. The number of alkyl carbamates (subject to hydrolysis) is 2. The van der Waals surface area contributed by atoms with Crippen LogP contribution >= 0.6 is 21.6 Å². The Bertz CT molecular complexity index is 2410. The van der Waals surface area contributed by atoms with Gasteiger partial charge >= 0.3 is 24.1 Å². The zero-order chi connectivity index (χ0) is 61.4. The maximum atomic E-state index is 13.4. The van der Waals surface area contributed by atoms with Gasteiger partial charge in [-0.2, -0.15) is 0 Å². The van der Waals surface area contributed by atoms with Crippen molar-refractivity contribution in [3.05, 3.63) is 47.5 Å². The van der Waals surface area contributed by atoms with Crippen LogP contribution in [0.25, 0.3) is 0 Å². The van der Waals surface area contributed by atoms with Crippen LogP contribution < -0.4 is 50.8 Å². The molecule has 82 heavy (non-hydrogen) atoms. The number of aliphatic hydroxyl groups excluding tert-OH is 2. The van der Waals surface area contributed by atoms with Crippen molar-refractivity contribution in [2.75, 3.05) is 50.9 Å². The van der Waals surface area contributed by atoms with Gasteiger partial charge in [0, 0.05) is 102 Å². The fourth-order valence-electron chi connectivity index (χ4n) is 7.68. The lowest BCUT2D eigenvalue weighted by atomic mass is 9.87. The molecule has 0 saturated carbocycles. The third-order valence-corrected chi connectivity index (χ3v) is 14.2. The van der Waals surface area contributed by atoms with E-state index in [1.807, 2.05) is 0 Å². The highest BCUT2D eigenvalue weighted by molar-refractivity contribution is 8.76. The van der Waals surface area contributed by atoms with E-state index in [0.29, 0.717) is 58.7 Å². The number of hydrogen-bond acceptors (Lipinski definition) is 20. The molecule has 0 spiro atoms. The highest BCUT2D eigenvalue weighted by Gasteiger charge is 2.39. The number of esters is 2. The summed E-state index contributed by atoms with van der Waals surface area (Å²) in [6.45, 7) is 22.9. The molecular weight excluding hydrogens is 1110 g/mol. The van der Waals surface area contributed by atoms with Crippen LogP contribution in [0.1, 0.15) is 121 Å². The van der Waals surface area contributed by atoms with E-state index >= 15 is 0 Å². The highest BCUT2D eigenvalue weighted by Crippen LogP contribution is 2.41. The summed E-state index contributed by atoms with van der Waals surface area (Å²) in [7, 11) is 2.94. The van der Waals surface area contributed by atoms with Crippen LogP contribution in [-0.2, 0) is 60.6 Å². The number of carbonyl (C=O) groups excluding carboxylic acids is 8. The molecule has 0 radical (unpaired) electrons. The van der Waals surface area contributed by atoms with Crippen molar-refractivity contribution in [2.45, 2.75) is 170 Å². The number of nitrogens with one attached hydrogen (secondary N) is 6. The molecule has 0 fully saturated rings. The van der Waals surface area contributed by atoms with Crippen molar-refractivity contribution < 1.29 is 86.5 Å². The SMILES string of the molecule is CC(C)(C)OC(=O)N[C@@H](Cc1ccc2c(c1)OC(C)(C)O2)C(=O)OCC(C)(C)[C@@H](O)C(=O)NCCC(=O)NCCSSCCNC(=O)CCNC(=O)[C@H](O)C(C)(C)COC(=O)[C@H](Cc1ccc2c(c1)OC(C)(C)O2)NC(=O)OC(C)(C)C. The van der Waals surface area contributed by atoms with Crippen LogP contribution in [-0.4, -0.2) is 156 Å². The number of benzene rings is 2. The summed E-state index contributed by atoms with van der Waals surface area (Å²) in [4.78, 5) is 103. The average Bonchev–Trinajstić information content (AvgIpc) is 4.10. The number of amides is 6. The van der Waals surface area contributed by atoms with E-state index in [4.69, 9.17) is 37.9 Å². The molecule has 2 aromatic carbocycles. The van der Waals surface area contributed by atoms with E-state index in [1.165, 1.54) is 49.3 Å². The van der Waals surface area contributed by atoms with Gasteiger partial charge in [-0.1, -0.05) is 61.4 Å². The molecule has 0 unspecified atom stereocenters. The first-order chi connectivity index (χ1) is 37.9. The minimum absolute atomic E-state index is 0.000644. The number of fused-ring (bicyclic) bond motifs is 2. The lowest BCUT2D eigenvalue weighted by molar-refractivity contribution is -0.155. The molecule has 0 aliphatic carbocycles. The van der Waals surface area contributed by atoms with E-state index in [1.54, 1.807) is 106 Å². The smallest absolute Gasteiger partial charge is 0.408 e. The van der Waals surface area contributed by atoms with E-state index in [-0.39, 0.29) is 50.6 Å². The summed E-state index contributed by atoms with van der Waals surface area (Å²) in [6.07, 6.45) is -5.09. The number of aliphatic hydroxyl groups is 2. The molecule has 2 aromatic rings. The molecule has 4 rings (SSSR count). The third-order valence-electron chi connectivity index (χ3n) is 11.8. The van der Waals surface area contributed by atoms with Gasteiger partial charge in [-0.15, -0.1) is 0 Å². The van der Waals surface area contributed by atoms with Gasteiger partial charge in [0.25, 0.3) is 0 Å². The van der Waals surface area contributed by atoms with Gasteiger partial charge in [0.05, 0.1) is 13.2 Å². The Kier molecular flexibility index (Phi) is 24.3. The molecule has 24 nitrogen and oxygen atoms in total. The van der Waals surface area contributed by atoms with E-state index in [9.17, 15) is 48.6 Å². The van der Waals surface area contributed by atoms with Crippen molar-refractivity contribution in [1.82, 2.24) is 31.9 Å². The largest absolute Gasteiger partial charge is 0.463 e. The van der Waals surface area contributed by atoms with E-state index in [2.05, 4.69) is 31.9 Å². The molecular formula is C56H84N6O18S2. The Morgan fingerprint density at radius 2 is 0.854 bits per heavy atom. The lowest BCUT2D eigenvalue weighted by Gasteiger charge is -2.30. The molecule has 2 aliphatic rings. The molecule has 26 heteroatoms. The van der Waals surface area contributed by atoms with Gasteiger partial charge in [0.15, 0.2) is 23.0 Å². The van der Waals surface area contributed by atoms with Crippen LogP contribution in [0.2, 0.25) is 0 Å². The fourth-order valence-corrected chi connectivity index (χ4v) is 9.49. The van der Waals surface area contributed by atoms with Gasteiger partial charge < -0.3 is 80.0 Å². The van der Waals surface area contributed by atoms with E-state index < -0.39 is 107 Å². The van der Waals surface area contributed by atoms with Crippen molar-refractivity contribution >= 4 is 69.3 Å². The standard InChI is InChI=1S/C56H84N6O18S2/c1-51(2,3)79-49(71)61-35(27-33-15-17-37-39(29-33)77-55(11,12)75-37)47(69)73-31-53(7,8)43(65)45(67)59-21-19-41(63)57-23-25-81-82-26-24-58-42(64)20-22-60-46(68)44(66)54(9,10)32-74-48(70)36(62-50(72)80-52(4,5)6)28-34-16-18-38-40(30-34)78-56(13,14)76-38/h15-18,29-30,35-36,43-44,65-66H,19-28,31-32H2,1-14H3,(H,57,63)(H,58,64)(H,59,67)(H,60,68)(H,61,71)(H,62,72)/t35-,36-,43-,44-/m0/s1. The van der Waals surface area contributed by atoms with Crippen LogP contribution in [0.5, 0.6) is 23.0 Å². The van der Waals surface area contributed by atoms with Gasteiger partial charge in [0.1, 0.15) is 35.5 Å². The van der Waals surface area contributed by atoms with Crippen LogP contribution in [0, 0.1) is 10.8 Å². The van der Waals surface area contributed by atoms with Crippen molar-refractivity contribution in [3.63, 3.8) is 0 Å². The Hall–Kier alpha value is -6.38. The summed E-state index contributed by atoms with van der Waals surface area (Å²) in [5.41, 5.74) is -2.99. The molecule has 0 bridgehead atoms. The van der Waals surface area contributed by atoms with Crippen LogP contribution in [0.4, 0.5) is 9.59 Å². The maximum absolute atomic E-state index is 13.4. The predicted molar refractivity (Wildman–Crippen MR) is 305 cm³/mol. The number of carbonyl (C=O) groups is 8. The minimum atomic E-state index is -1.63. The second-order valence-electron chi connectivity index (χ2n) is 24.0. The van der Waals surface area contributed by atoms with Gasteiger partial charge in [0.2, 0.25) is 35.2 Å². The molecule has 8 N–H and O–H groups in total. The zero-order valence-corrected chi connectivity index (χ0v) is 51.1. The quantitative estimate of drug-likeness (QED) is 0.0236. The number of hydrogen-bond donors (Lipinski definition) is 8. The Balaban J connectivity index is 1.07. The number of ether oxygens (including phenoxy) is 8. The normalized spacial score (nSPS) is 15.6. The summed E-state index contributed by atoms with van der Waals surface area (Å²) < 4.78 is 45.0. The van der Waals surface area contributed by atoms with Crippen LogP contribution in [0.3, 0.4) is 0 Å². The summed E-state index contributed by atoms with van der Waals surface area (Å²) in [5.74, 6) is -2.53. The minimum Gasteiger partial charge on any atom is -0.463 e. The maximum Gasteiger partial charge on any atom is 0.408 e. The predicted octanol–water partition coefficient (Wildman–Crippen LogP) is 4.76. The Labute approximate surface area is 487 Å². The lowest BCUT2D eigenvalue weighted by Crippen LogP contribution is -2.49. The monoisotopic (exact) mass is 1190 g/mol. The van der Waals surface area contributed by atoms with Crippen molar-refractivity contribution in [3.8, 4) is 23.0 Å². The molecule has 4 atom stereocenters. The molecule has 2 heterocycles. The average molecular weight is 1190 g/mol. The summed E-state index contributed by atoms with van der Waals surface area (Å²) in [6, 6.07) is 7.85. The number of rotatable bonds is 29. The first kappa shape index (κ1) is 68.1. The van der Waals surface area contributed by atoms with Crippen molar-refractivity contribution in [1.29, 1.82) is 0 Å². The van der Waals surface area contributed by atoms with Crippen LogP contribution in [0.15, 0.2) is 36.4 Å². The molecule has 0 saturated heterocycles.